The number of aliphatic carboxylic acids is 1. The minimum atomic E-state index is -1.08. The summed E-state index contributed by atoms with van der Waals surface area (Å²) < 4.78 is 12.0. The van der Waals surface area contributed by atoms with Crippen LogP contribution in [0.4, 0.5) is 0 Å². The number of nitrogens with zero attached hydrogens (tertiary/aromatic N) is 1. The van der Waals surface area contributed by atoms with E-state index in [4.69, 9.17) is 9.15 Å². The van der Waals surface area contributed by atoms with Gasteiger partial charge in [0.2, 0.25) is 0 Å². The summed E-state index contributed by atoms with van der Waals surface area (Å²) in [5.74, 6) is -0.517. The third-order valence-electron chi connectivity index (χ3n) is 3.30. The lowest BCUT2D eigenvalue weighted by Crippen LogP contribution is -1.99. The second kappa shape index (κ2) is 8.25. The van der Waals surface area contributed by atoms with Crippen molar-refractivity contribution < 1.29 is 19.1 Å². The van der Waals surface area contributed by atoms with Gasteiger partial charge in [-0.1, -0.05) is 40.7 Å². The van der Waals surface area contributed by atoms with E-state index in [1.54, 1.807) is 24.3 Å². The van der Waals surface area contributed by atoms with Crippen molar-refractivity contribution in [1.29, 1.82) is 0 Å². The Morgan fingerprint density at radius 2 is 2.15 bits per heavy atom. The Morgan fingerprint density at radius 1 is 1.35 bits per heavy atom. The molecule has 3 aromatic rings. The van der Waals surface area contributed by atoms with E-state index in [1.807, 2.05) is 24.3 Å². The number of aromatic nitrogens is 1. The molecule has 26 heavy (non-hydrogen) atoms. The maximum absolute atomic E-state index is 11.7. The molecule has 0 amide bonds. The van der Waals surface area contributed by atoms with E-state index in [2.05, 4.69) is 27.5 Å². The molecule has 5 nitrogen and oxygen atoms in total. The van der Waals surface area contributed by atoms with Gasteiger partial charge in [-0.15, -0.1) is 0 Å². The quantitative estimate of drug-likeness (QED) is 0.307. The zero-order valence-corrected chi connectivity index (χ0v) is 15.9. The highest BCUT2D eigenvalue weighted by Gasteiger charge is 2.16. The van der Waals surface area contributed by atoms with Gasteiger partial charge < -0.3 is 14.3 Å². The number of ether oxygens (including phenoxy) is 1. The third-order valence-corrected chi connectivity index (χ3v) is 4.65. The number of fused-ring (bicyclic) bond motifs is 1. The minimum Gasteiger partial charge on any atom is -0.489 e. The molecule has 0 aliphatic heterocycles. The summed E-state index contributed by atoms with van der Waals surface area (Å²) in [4.78, 5) is 16.1. The summed E-state index contributed by atoms with van der Waals surface area (Å²) in [7, 11) is 0. The molecule has 0 saturated heterocycles. The molecule has 3 rings (SSSR count). The van der Waals surface area contributed by atoms with Crippen molar-refractivity contribution in [2.24, 2.45) is 0 Å². The van der Waals surface area contributed by atoms with Gasteiger partial charge in [0.05, 0.1) is 0 Å². The molecule has 7 heteroatoms. The molecule has 1 N–H and O–H groups in total. The SMILES string of the molecule is C=CCOc1ccc(Br)cc1/C=C(\Sc1nc2ccccc2o1)C(=O)O. The van der Waals surface area contributed by atoms with Crippen molar-refractivity contribution in [3.8, 4) is 5.75 Å². The molecule has 132 valence electrons. The molecule has 0 bridgehead atoms. The number of thioether (sulfide) groups is 1. The van der Waals surface area contributed by atoms with Crippen molar-refractivity contribution in [1.82, 2.24) is 4.98 Å². The fourth-order valence-corrected chi connectivity index (χ4v) is 3.29. The highest BCUT2D eigenvalue weighted by Crippen LogP contribution is 2.33. The molecular formula is C19H14BrNO4S. The van der Waals surface area contributed by atoms with Crippen LogP contribution >= 0.6 is 27.7 Å². The Bertz CT molecular complexity index is 963. The smallest absolute Gasteiger partial charge is 0.342 e. The predicted octanol–water partition coefficient (Wildman–Crippen LogP) is 5.37. The summed E-state index contributed by atoms with van der Waals surface area (Å²) >= 11 is 4.34. The Kier molecular flexibility index (Phi) is 5.80. The average Bonchev–Trinajstić information content (AvgIpc) is 3.03. The summed E-state index contributed by atoms with van der Waals surface area (Å²) in [6.45, 7) is 3.94. The Hall–Kier alpha value is -2.51. The van der Waals surface area contributed by atoms with Crippen LogP contribution in [0.5, 0.6) is 5.75 Å². The van der Waals surface area contributed by atoms with Crippen LogP contribution in [-0.2, 0) is 4.79 Å². The zero-order valence-electron chi connectivity index (χ0n) is 13.5. The first kappa shape index (κ1) is 18.3. The van der Waals surface area contributed by atoms with Crippen LogP contribution in [0.15, 0.2) is 74.1 Å². The fraction of sp³-hybridized carbons (Fsp3) is 0.0526. The van der Waals surface area contributed by atoms with E-state index in [1.165, 1.54) is 6.08 Å². The van der Waals surface area contributed by atoms with E-state index in [0.29, 0.717) is 29.0 Å². The summed E-state index contributed by atoms with van der Waals surface area (Å²) in [5.41, 5.74) is 1.91. The van der Waals surface area contributed by atoms with Gasteiger partial charge in [-0.05, 0) is 48.2 Å². The van der Waals surface area contributed by atoms with Gasteiger partial charge >= 0.3 is 5.97 Å². The first-order valence-electron chi connectivity index (χ1n) is 7.58. The maximum atomic E-state index is 11.7. The van der Waals surface area contributed by atoms with Gasteiger partial charge in [-0.3, -0.25) is 0 Å². The van der Waals surface area contributed by atoms with Crippen molar-refractivity contribution in [3.63, 3.8) is 0 Å². The molecule has 0 radical (unpaired) electrons. The largest absolute Gasteiger partial charge is 0.489 e. The van der Waals surface area contributed by atoms with Crippen LogP contribution in [0, 0.1) is 0 Å². The predicted molar refractivity (Wildman–Crippen MR) is 105 cm³/mol. The monoisotopic (exact) mass is 431 g/mol. The summed E-state index contributed by atoms with van der Waals surface area (Å²) in [6, 6.07) is 12.6. The molecule has 1 aromatic heterocycles. The Morgan fingerprint density at radius 3 is 2.88 bits per heavy atom. The van der Waals surface area contributed by atoms with Gasteiger partial charge in [0.1, 0.15) is 22.8 Å². The van der Waals surface area contributed by atoms with Gasteiger partial charge in [0, 0.05) is 10.0 Å². The van der Waals surface area contributed by atoms with E-state index < -0.39 is 5.97 Å². The number of carboxylic acid groups (broad SMARTS) is 1. The van der Waals surface area contributed by atoms with Gasteiger partial charge in [0.25, 0.3) is 5.22 Å². The van der Waals surface area contributed by atoms with Crippen LogP contribution in [0.1, 0.15) is 5.56 Å². The molecule has 0 saturated carbocycles. The second-order valence-electron chi connectivity index (χ2n) is 5.15. The standard InChI is InChI=1S/C19H14BrNO4S/c1-2-9-24-15-8-7-13(20)10-12(15)11-17(18(22)23)26-19-21-14-5-3-4-6-16(14)25-19/h2-8,10-11H,1,9H2,(H,22,23)/b17-11-. The van der Waals surface area contributed by atoms with Gasteiger partial charge in [-0.25, -0.2) is 9.78 Å². The third kappa shape index (κ3) is 4.36. The van der Waals surface area contributed by atoms with Crippen LogP contribution in [0.25, 0.3) is 17.2 Å². The van der Waals surface area contributed by atoms with Crippen molar-refractivity contribution in [2.75, 3.05) is 6.61 Å². The zero-order chi connectivity index (χ0) is 18.5. The van der Waals surface area contributed by atoms with E-state index in [-0.39, 0.29) is 10.1 Å². The van der Waals surface area contributed by atoms with Gasteiger partial charge in [-0.2, -0.15) is 0 Å². The molecule has 0 spiro atoms. The average molecular weight is 432 g/mol. The molecular weight excluding hydrogens is 418 g/mol. The minimum absolute atomic E-state index is 0.0677. The molecule has 1 heterocycles. The van der Waals surface area contributed by atoms with Crippen LogP contribution < -0.4 is 4.74 Å². The van der Waals surface area contributed by atoms with Crippen molar-refractivity contribution in [2.45, 2.75) is 5.22 Å². The maximum Gasteiger partial charge on any atom is 0.342 e. The van der Waals surface area contributed by atoms with E-state index >= 15 is 0 Å². The molecule has 2 aromatic carbocycles. The number of carboxylic acids is 1. The summed E-state index contributed by atoms with van der Waals surface area (Å²) in [5, 5.41) is 9.85. The van der Waals surface area contributed by atoms with Crippen LogP contribution in [0.3, 0.4) is 0 Å². The highest BCUT2D eigenvalue weighted by atomic mass is 79.9. The lowest BCUT2D eigenvalue weighted by atomic mass is 10.2. The number of hydrogen-bond acceptors (Lipinski definition) is 5. The topological polar surface area (TPSA) is 72.6 Å². The highest BCUT2D eigenvalue weighted by molar-refractivity contribution is 9.10. The van der Waals surface area contributed by atoms with Crippen LogP contribution in [-0.4, -0.2) is 22.7 Å². The molecule has 0 aliphatic rings. The number of carbonyl (C=O) groups is 1. The van der Waals surface area contributed by atoms with E-state index in [9.17, 15) is 9.90 Å². The molecule has 0 fully saturated rings. The first-order chi connectivity index (χ1) is 12.6. The van der Waals surface area contributed by atoms with E-state index in [0.717, 1.165) is 16.2 Å². The molecule has 0 aliphatic carbocycles. The van der Waals surface area contributed by atoms with Crippen LogP contribution in [0.2, 0.25) is 0 Å². The number of rotatable bonds is 7. The lowest BCUT2D eigenvalue weighted by molar-refractivity contribution is -0.131. The molecule has 0 atom stereocenters. The Labute approximate surface area is 162 Å². The lowest BCUT2D eigenvalue weighted by Gasteiger charge is -2.08. The van der Waals surface area contributed by atoms with Crippen molar-refractivity contribution >= 4 is 50.8 Å². The fourth-order valence-electron chi connectivity index (χ4n) is 2.18. The second-order valence-corrected chi connectivity index (χ2v) is 7.05. The normalized spacial score (nSPS) is 11.5. The molecule has 0 unspecified atom stereocenters. The number of benzene rings is 2. The number of oxazole rings is 1. The number of para-hydroxylation sites is 2. The number of halogens is 1. The van der Waals surface area contributed by atoms with Crippen molar-refractivity contribution in [3.05, 3.63) is 70.1 Å². The number of hydrogen-bond donors (Lipinski definition) is 1. The Balaban J connectivity index is 1.95. The first-order valence-corrected chi connectivity index (χ1v) is 9.19. The summed E-state index contributed by atoms with van der Waals surface area (Å²) in [6.07, 6.45) is 3.16. The van der Waals surface area contributed by atoms with Gasteiger partial charge in [0.15, 0.2) is 5.58 Å².